The Hall–Kier alpha value is -1.60. The quantitative estimate of drug-likeness (QED) is 0.903. The van der Waals surface area contributed by atoms with Gasteiger partial charge in [-0.2, -0.15) is 0 Å². The second-order valence-corrected chi connectivity index (χ2v) is 7.56. The molecule has 0 bridgehead atoms. The molecule has 120 valence electrons. The van der Waals surface area contributed by atoms with E-state index in [0.717, 1.165) is 31.2 Å². The second-order valence-electron chi connectivity index (χ2n) is 5.88. The van der Waals surface area contributed by atoms with Gasteiger partial charge in [0.25, 0.3) is 10.0 Å². The summed E-state index contributed by atoms with van der Waals surface area (Å²) in [6, 6.07) is 5.81. The first-order chi connectivity index (χ1) is 10.4. The van der Waals surface area contributed by atoms with Crippen molar-refractivity contribution in [3.05, 3.63) is 29.8 Å². The van der Waals surface area contributed by atoms with Crippen molar-refractivity contribution < 1.29 is 17.9 Å². The van der Waals surface area contributed by atoms with E-state index in [4.69, 9.17) is 4.74 Å². The zero-order chi connectivity index (χ0) is 15.8. The number of rotatable bonds is 2. The van der Waals surface area contributed by atoms with E-state index >= 15 is 0 Å². The first kappa shape index (κ1) is 15.3. The summed E-state index contributed by atoms with van der Waals surface area (Å²) >= 11 is 0. The van der Waals surface area contributed by atoms with E-state index in [2.05, 4.69) is 4.72 Å². The molecule has 1 N–H and O–H groups in total. The van der Waals surface area contributed by atoms with Crippen molar-refractivity contribution in [1.29, 1.82) is 0 Å². The summed E-state index contributed by atoms with van der Waals surface area (Å²) < 4.78 is 32.5. The molecule has 1 saturated heterocycles. The van der Waals surface area contributed by atoms with Crippen molar-refractivity contribution in [2.45, 2.75) is 43.2 Å². The first-order valence-corrected chi connectivity index (χ1v) is 8.96. The lowest BCUT2D eigenvalue weighted by Crippen LogP contribution is -2.51. The van der Waals surface area contributed by atoms with Crippen LogP contribution in [0, 0.1) is 6.92 Å². The average Bonchev–Trinajstić information content (AvgIpc) is 3.09. The van der Waals surface area contributed by atoms with Crippen LogP contribution in [0.25, 0.3) is 0 Å². The Morgan fingerprint density at radius 2 is 1.86 bits per heavy atom. The molecule has 0 radical (unpaired) electrons. The minimum Gasteiger partial charge on any atom is -0.354 e. The van der Waals surface area contributed by atoms with Gasteiger partial charge >= 0.3 is 6.03 Å². The number of nitrogens with zero attached hydrogens (tertiary/aromatic N) is 1. The van der Waals surface area contributed by atoms with Crippen LogP contribution >= 0.6 is 0 Å². The van der Waals surface area contributed by atoms with Crippen LogP contribution in [-0.4, -0.2) is 38.2 Å². The number of sulfonamides is 1. The van der Waals surface area contributed by atoms with E-state index in [1.165, 1.54) is 17.0 Å². The van der Waals surface area contributed by atoms with Gasteiger partial charge in [-0.15, -0.1) is 0 Å². The fourth-order valence-electron chi connectivity index (χ4n) is 3.18. The maximum Gasteiger partial charge on any atom is 0.333 e. The van der Waals surface area contributed by atoms with Gasteiger partial charge in [0, 0.05) is 6.54 Å². The summed E-state index contributed by atoms with van der Waals surface area (Å²) in [5.41, 5.74) is 0.357. The number of hydrogen-bond acceptors (Lipinski definition) is 4. The molecule has 1 spiro atoms. The molecule has 1 aliphatic carbocycles. The van der Waals surface area contributed by atoms with Crippen LogP contribution in [0.2, 0.25) is 0 Å². The number of hydrogen-bond donors (Lipinski definition) is 1. The highest BCUT2D eigenvalue weighted by Crippen LogP contribution is 2.39. The van der Waals surface area contributed by atoms with Crippen LogP contribution in [0.15, 0.2) is 29.2 Å². The predicted molar refractivity (Wildman–Crippen MR) is 80.8 cm³/mol. The standard InChI is InChI=1S/C15H20N2O4S/c1-12-4-6-13(7-5-12)22(19,20)16-14(18)17-10-11-21-15(17)8-2-3-9-15/h4-7H,2-3,8-11H2,1H3,(H,16,18). The van der Waals surface area contributed by atoms with Crippen molar-refractivity contribution >= 4 is 16.1 Å². The van der Waals surface area contributed by atoms with Crippen molar-refractivity contribution in [2.75, 3.05) is 13.2 Å². The molecule has 22 heavy (non-hydrogen) atoms. The van der Waals surface area contributed by atoms with Crippen LogP contribution in [-0.2, 0) is 14.8 Å². The first-order valence-electron chi connectivity index (χ1n) is 7.48. The van der Waals surface area contributed by atoms with Crippen LogP contribution in [0.5, 0.6) is 0 Å². The SMILES string of the molecule is Cc1ccc(S(=O)(=O)NC(=O)N2CCOC23CCCC3)cc1. The van der Waals surface area contributed by atoms with Gasteiger partial charge < -0.3 is 4.74 Å². The summed E-state index contributed by atoms with van der Waals surface area (Å²) in [4.78, 5) is 14.0. The molecule has 1 saturated carbocycles. The Morgan fingerprint density at radius 1 is 1.23 bits per heavy atom. The number of urea groups is 1. The summed E-state index contributed by atoms with van der Waals surface area (Å²) in [5.74, 6) is 0. The summed E-state index contributed by atoms with van der Waals surface area (Å²) in [6.07, 6.45) is 3.53. The van der Waals surface area contributed by atoms with Gasteiger partial charge in [-0.05, 0) is 44.7 Å². The summed E-state index contributed by atoms with van der Waals surface area (Å²) in [5, 5.41) is 0. The van der Waals surface area contributed by atoms with Gasteiger partial charge in [-0.25, -0.2) is 17.9 Å². The molecule has 2 aliphatic rings. The van der Waals surface area contributed by atoms with E-state index in [0.29, 0.717) is 13.2 Å². The van der Waals surface area contributed by atoms with E-state index < -0.39 is 21.8 Å². The van der Waals surface area contributed by atoms with Gasteiger partial charge in [0.1, 0.15) is 5.72 Å². The molecule has 0 atom stereocenters. The molecule has 1 heterocycles. The van der Waals surface area contributed by atoms with Crippen LogP contribution in [0.3, 0.4) is 0 Å². The minimum atomic E-state index is -3.86. The molecule has 1 aromatic carbocycles. The summed E-state index contributed by atoms with van der Waals surface area (Å²) in [7, 11) is -3.86. The van der Waals surface area contributed by atoms with Crippen molar-refractivity contribution in [1.82, 2.24) is 9.62 Å². The molecule has 0 unspecified atom stereocenters. The normalized spacial score (nSPS) is 20.5. The predicted octanol–water partition coefficient (Wildman–Crippen LogP) is 2.00. The molecule has 1 aliphatic heterocycles. The topological polar surface area (TPSA) is 75.7 Å². The zero-order valence-corrected chi connectivity index (χ0v) is 13.4. The van der Waals surface area contributed by atoms with Gasteiger partial charge in [0.2, 0.25) is 0 Å². The van der Waals surface area contributed by atoms with Gasteiger partial charge in [0.05, 0.1) is 11.5 Å². The number of amides is 2. The smallest absolute Gasteiger partial charge is 0.333 e. The number of benzene rings is 1. The third kappa shape index (κ3) is 2.70. The Bertz CT molecular complexity index is 658. The van der Waals surface area contributed by atoms with E-state index in [9.17, 15) is 13.2 Å². The van der Waals surface area contributed by atoms with Crippen LogP contribution < -0.4 is 4.72 Å². The molecule has 2 fully saturated rings. The Kier molecular flexibility index (Phi) is 3.86. The lowest BCUT2D eigenvalue weighted by atomic mass is 10.1. The van der Waals surface area contributed by atoms with Gasteiger partial charge in [-0.1, -0.05) is 17.7 Å². The van der Waals surface area contributed by atoms with E-state index in [1.54, 1.807) is 12.1 Å². The highest BCUT2D eigenvalue weighted by Gasteiger charge is 2.47. The fourth-order valence-corrected chi connectivity index (χ4v) is 4.14. The second kappa shape index (κ2) is 5.55. The van der Waals surface area contributed by atoms with Gasteiger partial charge in [0.15, 0.2) is 0 Å². The molecule has 2 amide bonds. The third-order valence-electron chi connectivity index (χ3n) is 4.36. The van der Waals surface area contributed by atoms with E-state index in [-0.39, 0.29) is 4.90 Å². The Balaban J connectivity index is 1.77. The number of nitrogens with one attached hydrogen (secondary N) is 1. The number of carbonyl (C=O) groups is 1. The maximum atomic E-state index is 12.4. The van der Waals surface area contributed by atoms with Crippen LogP contribution in [0.4, 0.5) is 4.79 Å². The van der Waals surface area contributed by atoms with Gasteiger partial charge in [-0.3, -0.25) is 4.90 Å². The van der Waals surface area contributed by atoms with Crippen molar-refractivity contribution in [3.8, 4) is 0 Å². The molecular formula is C15H20N2O4S. The molecule has 1 aromatic rings. The number of carbonyl (C=O) groups excluding carboxylic acids is 1. The highest BCUT2D eigenvalue weighted by atomic mass is 32.2. The molecular weight excluding hydrogens is 304 g/mol. The van der Waals surface area contributed by atoms with E-state index in [1.807, 2.05) is 6.92 Å². The summed E-state index contributed by atoms with van der Waals surface area (Å²) in [6.45, 7) is 2.76. The lowest BCUT2D eigenvalue weighted by molar-refractivity contribution is -0.0559. The highest BCUT2D eigenvalue weighted by molar-refractivity contribution is 7.90. The third-order valence-corrected chi connectivity index (χ3v) is 5.70. The number of ether oxygens (including phenoxy) is 1. The Labute approximate surface area is 130 Å². The molecule has 6 nitrogen and oxygen atoms in total. The maximum absolute atomic E-state index is 12.4. The monoisotopic (exact) mass is 324 g/mol. The Morgan fingerprint density at radius 3 is 2.50 bits per heavy atom. The van der Waals surface area contributed by atoms with Crippen molar-refractivity contribution in [2.24, 2.45) is 0 Å². The minimum absolute atomic E-state index is 0.0898. The average molecular weight is 324 g/mol. The zero-order valence-electron chi connectivity index (χ0n) is 12.5. The lowest BCUT2D eigenvalue weighted by Gasteiger charge is -2.33. The number of aryl methyl sites for hydroxylation is 1. The van der Waals surface area contributed by atoms with Crippen molar-refractivity contribution in [3.63, 3.8) is 0 Å². The molecule has 3 rings (SSSR count). The molecule has 7 heteroatoms. The fraction of sp³-hybridized carbons (Fsp3) is 0.533. The largest absolute Gasteiger partial charge is 0.354 e. The molecule has 0 aromatic heterocycles. The van der Waals surface area contributed by atoms with Crippen LogP contribution in [0.1, 0.15) is 31.2 Å².